The topological polar surface area (TPSA) is 97.0 Å². The summed E-state index contributed by atoms with van der Waals surface area (Å²) < 4.78 is 28.3. The molecule has 7 nitrogen and oxygen atoms in total. The summed E-state index contributed by atoms with van der Waals surface area (Å²) in [6.07, 6.45) is 2.22. The first-order chi connectivity index (χ1) is 11.9. The van der Waals surface area contributed by atoms with E-state index < -0.39 is 9.84 Å². The van der Waals surface area contributed by atoms with Crippen molar-refractivity contribution in [3.63, 3.8) is 0 Å². The van der Waals surface area contributed by atoms with Gasteiger partial charge in [0.2, 0.25) is 0 Å². The van der Waals surface area contributed by atoms with Gasteiger partial charge in [-0.2, -0.15) is 0 Å². The minimum absolute atomic E-state index is 0.0194. The van der Waals surface area contributed by atoms with E-state index in [-0.39, 0.29) is 5.75 Å². The normalized spacial score (nSPS) is 16.8. The maximum Gasteiger partial charge on any atom is 0.188 e. The zero-order valence-electron chi connectivity index (χ0n) is 14.8. The van der Waals surface area contributed by atoms with Crippen LogP contribution in [0.5, 0.6) is 0 Å². The molecule has 1 heterocycles. The smallest absolute Gasteiger partial charge is 0.188 e. The van der Waals surface area contributed by atoms with Crippen LogP contribution in [0, 0.1) is 0 Å². The third-order valence-corrected chi connectivity index (χ3v) is 4.85. The van der Waals surface area contributed by atoms with Gasteiger partial charge in [-0.25, -0.2) is 13.4 Å². The minimum Gasteiger partial charge on any atom is -0.379 e. The zero-order valence-corrected chi connectivity index (χ0v) is 15.6. The van der Waals surface area contributed by atoms with Crippen molar-refractivity contribution in [2.75, 3.05) is 45.6 Å². The van der Waals surface area contributed by atoms with Gasteiger partial charge in [-0.15, -0.1) is 0 Å². The van der Waals surface area contributed by atoms with Crippen molar-refractivity contribution < 1.29 is 13.2 Å². The lowest BCUT2D eigenvalue weighted by molar-refractivity contribution is 0.0376. The highest BCUT2D eigenvalue weighted by Gasteiger charge is 2.10. The molecule has 140 valence electrons. The van der Waals surface area contributed by atoms with Crippen molar-refractivity contribution in [3.05, 3.63) is 35.4 Å². The van der Waals surface area contributed by atoms with Crippen molar-refractivity contribution >= 4 is 15.8 Å². The molecule has 0 radical (unpaired) electrons. The first kappa shape index (κ1) is 19.7. The van der Waals surface area contributed by atoms with Gasteiger partial charge in [0.25, 0.3) is 0 Å². The summed E-state index contributed by atoms with van der Waals surface area (Å²) in [7, 11) is -3.08. The van der Waals surface area contributed by atoms with E-state index in [0.717, 1.165) is 56.9 Å². The molecule has 2 rings (SSSR count). The van der Waals surface area contributed by atoms with Crippen LogP contribution in [0.1, 0.15) is 17.5 Å². The largest absolute Gasteiger partial charge is 0.379 e. The van der Waals surface area contributed by atoms with Gasteiger partial charge in [0.1, 0.15) is 0 Å². The predicted molar refractivity (Wildman–Crippen MR) is 100 cm³/mol. The minimum atomic E-state index is -3.08. The number of hydrogen-bond acceptors (Lipinski definition) is 5. The van der Waals surface area contributed by atoms with Crippen LogP contribution in [0.3, 0.4) is 0 Å². The van der Waals surface area contributed by atoms with Crippen molar-refractivity contribution in [1.82, 2.24) is 10.2 Å². The lowest BCUT2D eigenvalue weighted by Crippen LogP contribution is -2.39. The summed E-state index contributed by atoms with van der Waals surface area (Å²) in [4.78, 5) is 6.70. The molecule has 0 atom stereocenters. The van der Waals surface area contributed by atoms with E-state index in [9.17, 15) is 8.42 Å². The van der Waals surface area contributed by atoms with Crippen LogP contribution in [-0.2, 0) is 26.9 Å². The first-order valence-corrected chi connectivity index (χ1v) is 10.6. The average molecular weight is 369 g/mol. The highest BCUT2D eigenvalue weighted by molar-refractivity contribution is 7.89. The molecule has 3 N–H and O–H groups in total. The average Bonchev–Trinajstić information content (AvgIpc) is 2.57. The molecule has 1 saturated heterocycles. The SMILES string of the molecule is CS(=O)(=O)Cc1ccccc1CN=C(N)NCCCN1CCOCC1. The number of sulfone groups is 1. The molecular formula is C17H28N4O3S. The number of ether oxygens (including phenoxy) is 1. The summed E-state index contributed by atoms with van der Waals surface area (Å²) in [5.74, 6) is 0.405. The number of aliphatic imine (C=N–C) groups is 1. The van der Waals surface area contributed by atoms with Crippen LogP contribution in [0.2, 0.25) is 0 Å². The Morgan fingerprint density at radius 3 is 2.64 bits per heavy atom. The van der Waals surface area contributed by atoms with E-state index in [1.807, 2.05) is 24.3 Å². The van der Waals surface area contributed by atoms with Crippen LogP contribution >= 0.6 is 0 Å². The number of benzene rings is 1. The number of hydrogen-bond donors (Lipinski definition) is 2. The van der Waals surface area contributed by atoms with Crippen molar-refractivity contribution in [2.24, 2.45) is 10.7 Å². The molecule has 0 spiro atoms. The van der Waals surface area contributed by atoms with E-state index in [1.165, 1.54) is 6.26 Å². The second-order valence-corrected chi connectivity index (χ2v) is 8.41. The number of guanidine groups is 1. The fourth-order valence-electron chi connectivity index (χ4n) is 2.71. The summed E-state index contributed by atoms with van der Waals surface area (Å²) >= 11 is 0. The van der Waals surface area contributed by atoms with Gasteiger partial charge in [0, 0.05) is 25.9 Å². The number of nitrogens with two attached hydrogens (primary N) is 1. The Hall–Kier alpha value is -1.64. The molecule has 1 aromatic rings. The van der Waals surface area contributed by atoms with Gasteiger partial charge in [-0.05, 0) is 24.1 Å². The Labute approximate surface area is 150 Å². The quantitative estimate of drug-likeness (QED) is 0.391. The zero-order chi connectivity index (χ0) is 18.1. The predicted octanol–water partition coefficient (Wildman–Crippen LogP) is 0.358. The van der Waals surface area contributed by atoms with Gasteiger partial charge >= 0.3 is 0 Å². The van der Waals surface area contributed by atoms with Gasteiger partial charge < -0.3 is 15.8 Å². The fourth-order valence-corrected chi connectivity index (χ4v) is 3.55. The molecule has 0 aliphatic carbocycles. The van der Waals surface area contributed by atoms with Crippen LogP contribution in [0.15, 0.2) is 29.3 Å². The van der Waals surface area contributed by atoms with Gasteiger partial charge in [-0.1, -0.05) is 24.3 Å². The van der Waals surface area contributed by atoms with Crippen molar-refractivity contribution in [3.8, 4) is 0 Å². The molecule has 25 heavy (non-hydrogen) atoms. The maximum atomic E-state index is 11.5. The molecule has 0 unspecified atom stereocenters. The summed E-state index contributed by atoms with van der Waals surface area (Å²) in [6.45, 7) is 5.74. The monoisotopic (exact) mass is 368 g/mol. The van der Waals surface area contributed by atoms with E-state index in [1.54, 1.807) is 0 Å². The Bertz CT molecular complexity index is 670. The Kier molecular flexibility index (Phi) is 7.67. The van der Waals surface area contributed by atoms with Crippen LogP contribution in [-0.4, -0.2) is 64.9 Å². The molecule has 1 fully saturated rings. The number of rotatable bonds is 8. The standard InChI is InChI=1S/C17H28N4O3S/c1-25(22,23)14-16-6-3-2-5-15(16)13-20-17(18)19-7-4-8-21-9-11-24-12-10-21/h2-3,5-6H,4,7-14H2,1H3,(H3,18,19,20). The number of nitrogens with one attached hydrogen (secondary N) is 1. The van der Waals surface area contributed by atoms with Crippen LogP contribution in [0.4, 0.5) is 0 Å². The molecule has 0 bridgehead atoms. The highest BCUT2D eigenvalue weighted by Crippen LogP contribution is 2.13. The Morgan fingerprint density at radius 2 is 1.96 bits per heavy atom. The third kappa shape index (κ3) is 7.85. The molecule has 1 aliphatic heterocycles. The second kappa shape index (κ2) is 9.74. The van der Waals surface area contributed by atoms with E-state index in [0.29, 0.717) is 12.5 Å². The number of nitrogens with zero attached hydrogens (tertiary/aromatic N) is 2. The molecule has 0 aromatic heterocycles. The fraction of sp³-hybridized carbons (Fsp3) is 0.588. The molecule has 0 amide bonds. The molecule has 8 heteroatoms. The lowest BCUT2D eigenvalue weighted by atomic mass is 10.1. The van der Waals surface area contributed by atoms with Gasteiger partial charge in [0.05, 0.1) is 25.5 Å². The van der Waals surface area contributed by atoms with E-state index in [2.05, 4.69) is 15.2 Å². The summed E-state index contributed by atoms with van der Waals surface area (Å²) in [5, 5.41) is 3.11. The molecule has 0 saturated carbocycles. The van der Waals surface area contributed by atoms with E-state index >= 15 is 0 Å². The van der Waals surface area contributed by atoms with Crippen LogP contribution < -0.4 is 11.1 Å². The third-order valence-electron chi connectivity index (χ3n) is 4.02. The van der Waals surface area contributed by atoms with Crippen molar-refractivity contribution in [2.45, 2.75) is 18.7 Å². The Morgan fingerprint density at radius 1 is 1.28 bits per heavy atom. The molecule has 1 aromatic carbocycles. The van der Waals surface area contributed by atoms with Gasteiger partial charge in [0.15, 0.2) is 15.8 Å². The van der Waals surface area contributed by atoms with Crippen molar-refractivity contribution in [1.29, 1.82) is 0 Å². The molecule has 1 aliphatic rings. The summed E-state index contributed by atoms with van der Waals surface area (Å²) in [5.41, 5.74) is 7.56. The molecular weight excluding hydrogens is 340 g/mol. The highest BCUT2D eigenvalue weighted by atomic mass is 32.2. The van der Waals surface area contributed by atoms with Crippen LogP contribution in [0.25, 0.3) is 0 Å². The summed E-state index contributed by atoms with van der Waals surface area (Å²) in [6, 6.07) is 7.41. The second-order valence-electron chi connectivity index (χ2n) is 6.27. The van der Waals surface area contributed by atoms with E-state index in [4.69, 9.17) is 10.5 Å². The first-order valence-electron chi connectivity index (χ1n) is 8.52. The van der Waals surface area contributed by atoms with Gasteiger partial charge in [-0.3, -0.25) is 4.90 Å². The Balaban J connectivity index is 1.77. The maximum absolute atomic E-state index is 11.5. The lowest BCUT2D eigenvalue weighted by Gasteiger charge is -2.26. The number of morpholine rings is 1.